The van der Waals surface area contributed by atoms with Crippen molar-refractivity contribution in [2.24, 2.45) is 5.92 Å². The Bertz CT molecular complexity index is 658. The predicted molar refractivity (Wildman–Crippen MR) is 90.8 cm³/mol. The first-order chi connectivity index (χ1) is 10.8. The van der Waals surface area contributed by atoms with Crippen LogP contribution in [-0.2, 0) is 10.0 Å². The van der Waals surface area contributed by atoms with Gasteiger partial charge in [0.15, 0.2) is 0 Å². The monoisotopic (exact) mass is 338 g/mol. The quantitative estimate of drug-likeness (QED) is 0.897. The molecule has 128 valence electrons. The van der Waals surface area contributed by atoms with Gasteiger partial charge in [-0.25, -0.2) is 8.42 Å². The van der Waals surface area contributed by atoms with Crippen LogP contribution < -0.4 is 5.32 Å². The van der Waals surface area contributed by atoms with Crippen LogP contribution in [0.4, 0.5) is 0 Å². The first kappa shape index (κ1) is 17.9. The molecule has 1 saturated heterocycles. The highest BCUT2D eigenvalue weighted by Gasteiger charge is 2.29. The van der Waals surface area contributed by atoms with Crippen molar-refractivity contribution in [2.75, 3.05) is 13.1 Å². The van der Waals surface area contributed by atoms with E-state index in [0.717, 1.165) is 19.3 Å². The van der Waals surface area contributed by atoms with Gasteiger partial charge in [-0.05, 0) is 50.3 Å². The fourth-order valence-corrected chi connectivity index (χ4v) is 4.37. The number of nitrogens with zero attached hydrogens (tertiary/aromatic N) is 1. The summed E-state index contributed by atoms with van der Waals surface area (Å²) in [5.74, 6) is 0.138. The normalized spacial score (nSPS) is 20.9. The van der Waals surface area contributed by atoms with Crippen LogP contribution in [-0.4, -0.2) is 37.8 Å². The second-order valence-electron chi connectivity index (χ2n) is 6.42. The zero-order valence-electron chi connectivity index (χ0n) is 14.1. The van der Waals surface area contributed by atoms with Crippen LogP contribution >= 0.6 is 0 Å². The molecule has 2 rings (SSSR count). The summed E-state index contributed by atoms with van der Waals surface area (Å²) in [5, 5.41) is 2.86. The van der Waals surface area contributed by atoms with Crippen molar-refractivity contribution in [1.29, 1.82) is 0 Å². The van der Waals surface area contributed by atoms with E-state index in [4.69, 9.17) is 0 Å². The van der Waals surface area contributed by atoms with Gasteiger partial charge in [0, 0.05) is 24.7 Å². The van der Waals surface area contributed by atoms with Gasteiger partial charge in [0.05, 0.1) is 4.90 Å². The first-order valence-electron chi connectivity index (χ1n) is 8.25. The molecule has 1 aliphatic rings. The topological polar surface area (TPSA) is 66.5 Å². The van der Waals surface area contributed by atoms with Crippen LogP contribution in [0.2, 0.25) is 0 Å². The lowest BCUT2D eigenvalue weighted by molar-refractivity contribution is 0.0939. The molecule has 1 aromatic rings. The highest BCUT2D eigenvalue weighted by molar-refractivity contribution is 7.89. The predicted octanol–water partition coefficient (Wildman–Crippen LogP) is 2.64. The van der Waals surface area contributed by atoms with E-state index in [-0.39, 0.29) is 16.8 Å². The van der Waals surface area contributed by atoms with Gasteiger partial charge in [-0.3, -0.25) is 4.79 Å². The Hall–Kier alpha value is -1.40. The van der Waals surface area contributed by atoms with Crippen LogP contribution in [0.15, 0.2) is 29.2 Å². The Morgan fingerprint density at radius 1 is 1.43 bits per heavy atom. The van der Waals surface area contributed by atoms with E-state index in [1.54, 1.807) is 18.2 Å². The molecule has 23 heavy (non-hydrogen) atoms. The lowest BCUT2D eigenvalue weighted by Gasteiger charge is -2.30. The van der Waals surface area contributed by atoms with Crippen molar-refractivity contribution < 1.29 is 13.2 Å². The van der Waals surface area contributed by atoms with Gasteiger partial charge >= 0.3 is 0 Å². The fourth-order valence-electron chi connectivity index (χ4n) is 2.72. The van der Waals surface area contributed by atoms with E-state index in [2.05, 4.69) is 12.2 Å². The molecule has 5 nitrogen and oxygen atoms in total. The molecule has 1 heterocycles. The van der Waals surface area contributed by atoms with Crippen molar-refractivity contribution in [2.45, 2.75) is 51.0 Å². The summed E-state index contributed by atoms with van der Waals surface area (Å²) in [6, 6.07) is 6.38. The van der Waals surface area contributed by atoms with Gasteiger partial charge in [0.25, 0.3) is 5.91 Å². The van der Waals surface area contributed by atoms with Crippen molar-refractivity contribution in [3.05, 3.63) is 29.8 Å². The molecule has 6 heteroatoms. The zero-order chi connectivity index (χ0) is 17.0. The summed E-state index contributed by atoms with van der Waals surface area (Å²) in [4.78, 5) is 12.4. The lowest BCUT2D eigenvalue weighted by Crippen LogP contribution is -2.39. The number of nitrogens with one attached hydrogen (secondary N) is 1. The summed E-state index contributed by atoms with van der Waals surface area (Å²) in [5.41, 5.74) is 0.386. The zero-order valence-corrected chi connectivity index (χ0v) is 14.9. The number of piperidine rings is 1. The molecule has 2 atom stereocenters. The lowest BCUT2D eigenvalue weighted by atomic mass is 10.0. The van der Waals surface area contributed by atoms with E-state index in [9.17, 15) is 13.2 Å². The molecule has 0 aliphatic carbocycles. The number of sulfonamides is 1. The minimum atomic E-state index is -3.53. The number of benzene rings is 1. The number of hydrogen-bond acceptors (Lipinski definition) is 3. The molecular formula is C17H26N2O3S. The Morgan fingerprint density at radius 3 is 2.83 bits per heavy atom. The number of carbonyl (C=O) groups is 1. The van der Waals surface area contributed by atoms with Gasteiger partial charge in [-0.2, -0.15) is 4.31 Å². The molecule has 0 bridgehead atoms. The maximum atomic E-state index is 12.8. The van der Waals surface area contributed by atoms with Gasteiger partial charge < -0.3 is 5.32 Å². The van der Waals surface area contributed by atoms with Crippen LogP contribution in [0, 0.1) is 5.92 Å². The smallest absolute Gasteiger partial charge is 0.251 e. The summed E-state index contributed by atoms with van der Waals surface area (Å²) in [6.45, 7) is 7.08. The first-order valence-corrected chi connectivity index (χ1v) is 9.69. The molecular weight excluding hydrogens is 312 g/mol. The Kier molecular flexibility index (Phi) is 5.81. The fraction of sp³-hybridized carbons (Fsp3) is 0.588. The summed E-state index contributed by atoms with van der Waals surface area (Å²) in [7, 11) is -3.53. The second-order valence-corrected chi connectivity index (χ2v) is 8.36. The minimum absolute atomic E-state index is 0.0608. The van der Waals surface area contributed by atoms with E-state index >= 15 is 0 Å². The number of rotatable bonds is 5. The average molecular weight is 338 g/mol. The number of hydrogen-bond donors (Lipinski definition) is 1. The number of amides is 1. The third-order valence-corrected chi connectivity index (χ3v) is 6.20. The molecule has 0 saturated carbocycles. The molecule has 0 aromatic heterocycles. The van der Waals surface area contributed by atoms with Gasteiger partial charge in [0.1, 0.15) is 0 Å². The Labute approximate surface area is 139 Å². The Balaban J connectivity index is 2.23. The maximum Gasteiger partial charge on any atom is 0.251 e. The van der Waals surface area contributed by atoms with E-state index in [1.165, 1.54) is 10.4 Å². The largest absolute Gasteiger partial charge is 0.350 e. The maximum absolute atomic E-state index is 12.8. The highest BCUT2D eigenvalue weighted by atomic mass is 32.2. The van der Waals surface area contributed by atoms with E-state index in [0.29, 0.717) is 24.6 Å². The second kappa shape index (κ2) is 7.45. The van der Waals surface area contributed by atoms with Crippen LogP contribution in [0.3, 0.4) is 0 Å². The van der Waals surface area contributed by atoms with Crippen LogP contribution in [0.1, 0.15) is 50.4 Å². The van der Waals surface area contributed by atoms with Crippen molar-refractivity contribution in [3.63, 3.8) is 0 Å². The van der Waals surface area contributed by atoms with Gasteiger partial charge in [0.2, 0.25) is 10.0 Å². The molecule has 1 N–H and O–H groups in total. The van der Waals surface area contributed by atoms with E-state index in [1.807, 2.05) is 13.8 Å². The average Bonchev–Trinajstić information content (AvgIpc) is 2.54. The van der Waals surface area contributed by atoms with E-state index < -0.39 is 10.0 Å². The molecule has 1 aromatic carbocycles. The number of carbonyl (C=O) groups excluding carboxylic acids is 1. The van der Waals surface area contributed by atoms with Crippen molar-refractivity contribution >= 4 is 15.9 Å². The van der Waals surface area contributed by atoms with Crippen LogP contribution in [0.5, 0.6) is 0 Å². The minimum Gasteiger partial charge on any atom is -0.350 e. The standard InChI is InChI=1S/C17H26N2O3S/c1-4-14(3)18-17(20)15-8-5-9-16(11-15)23(21,22)19-10-6-7-13(2)12-19/h5,8-9,11,13-14H,4,6-7,10,12H2,1-3H3,(H,18,20). The molecule has 1 aliphatic heterocycles. The SMILES string of the molecule is CCC(C)NC(=O)c1cccc(S(=O)(=O)N2CCCC(C)C2)c1. The molecule has 1 fully saturated rings. The highest BCUT2D eigenvalue weighted by Crippen LogP contribution is 2.24. The summed E-state index contributed by atoms with van der Waals surface area (Å²) < 4.78 is 27.1. The third kappa shape index (κ3) is 4.32. The van der Waals surface area contributed by atoms with Crippen molar-refractivity contribution in [1.82, 2.24) is 9.62 Å². The van der Waals surface area contributed by atoms with Crippen molar-refractivity contribution in [3.8, 4) is 0 Å². The molecule has 1 amide bonds. The molecule has 0 radical (unpaired) electrons. The Morgan fingerprint density at radius 2 is 2.17 bits per heavy atom. The summed E-state index contributed by atoms with van der Waals surface area (Å²) >= 11 is 0. The van der Waals surface area contributed by atoms with Crippen LogP contribution in [0.25, 0.3) is 0 Å². The van der Waals surface area contributed by atoms with Gasteiger partial charge in [-0.15, -0.1) is 0 Å². The molecule has 0 spiro atoms. The summed E-state index contributed by atoms with van der Waals surface area (Å²) in [6.07, 6.45) is 2.77. The molecule has 2 unspecified atom stereocenters. The third-order valence-electron chi connectivity index (χ3n) is 4.34. The van der Waals surface area contributed by atoms with Gasteiger partial charge in [-0.1, -0.05) is 19.9 Å².